The lowest BCUT2D eigenvalue weighted by atomic mass is 10.1. The molecular weight excluding hydrogens is 402 g/mol. The van der Waals surface area contributed by atoms with Crippen molar-refractivity contribution in [3.63, 3.8) is 0 Å². The first-order valence-electron chi connectivity index (χ1n) is 10.8. The Bertz CT molecular complexity index is 1210. The van der Waals surface area contributed by atoms with E-state index in [0.29, 0.717) is 24.4 Å². The summed E-state index contributed by atoms with van der Waals surface area (Å²) < 4.78 is 0. The van der Waals surface area contributed by atoms with Gasteiger partial charge in [0.25, 0.3) is 0 Å². The third-order valence-electron chi connectivity index (χ3n) is 5.68. The monoisotopic (exact) mass is 429 g/mol. The van der Waals surface area contributed by atoms with E-state index in [1.807, 2.05) is 18.3 Å². The van der Waals surface area contributed by atoms with E-state index in [1.165, 1.54) is 0 Å². The van der Waals surface area contributed by atoms with Crippen LogP contribution < -0.4 is 21.3 Å². The number of aromatic nitrogens is 5. The molecule has 1 aliphatic rings. The lowest BCUT2D eigenvalue weighted by Crippen LogP contribution is -2.54. The molecule has 2 atom stereocenters. The highest BCUT2D eigenvalue weighted by Crippen LogP contribution is 2.32. The van der Waals surface area contributed by atoms with Crippen molar-refractivity contribution in [3.8, 4) is 11.1 Å². The molecule has 0 amide bonds. The largest absolute Gasteiger partial charge is 0.384 e. The minimum Gasteiger partial charge on any atom is -0.384 e. The molecule has 0 aromatic carbocycles. The molecule has 1 aliphatic heterocycles. The summed E-state index contributed by atoms with van der Waals surface area (Å²) in [7, 11) is 0. The Labute approximate surface area is 186 Å². The van der Waals surface area contributed by atoms with Gasteiger partial charge in [0.05, 0.1) is 17.6 Å². The second kappa shape index (κ2) is 8.43. The number of nitrogens with one attached hydrogen (secondary N) is 3. The average molecular weight is 430 g/mol. The van der Waals surface area contributed by atoms with Gasteiger partial charge in [-0.2, -0.15) is 0 Å². The maximum atomic E-state index is 5.75. The van der Waals surface area contributed by atoms with Gasteiger partial charge in [-0.1, -0.05) is 6.07 Å². The van der Waals surface area contributed by atoms with Gasteiger partial charge < -0.3 is 26.3 Å². The van der Waals surface area contributed by atoms with Crippen LogP contribution in [0, 0.1) is 0 Å². The van der Waals surface area contributed by atoms with E-state index in [-0.39, 0.29) is 0 Å². The number of fused-ring (bicyclic) bond motifs is 1. The summed E-state index contributed by atoms with van der Waals surface area (Å²) >= 11 is 0. The van der Waals surface area contributed by atoms with Crippen LogP contribution in [0.25, 0.3) is 22.2 Å². The number of nitrogens with two attached hydrogens (primary N) is 1. The lowest BCUT2D eigenvalue weighted by Gasteiger charge is -2.37. The summed E-state index contributed by atoms with van der Waals surface area (Å²) in [5.41, 5.74) is 9.39. The summed E-state index contributed by atoms with van der Waals surface area (Å²) in [5.74, 6) is 2.25. The topological polar surface area (TPSA) is 121 Å². The van der Waals surface area contributed by atoms with Crippen molar-refractivity contribution in [1.82, 2.24) is 30.2 Å². The predicted molar refractivity (Wildman–Crippen MR) is 127 cm³/mol. The molecule has 1 fully saturated rings. The first-order valence-corrected chi connectivity index (χ1v) is 10.8. The molecule has 0 bridgehead atoms. The van der Waals surface area contributed by atoms with Gasteiger partial charge in [0.1, 0.15) is 29.4 Å². The predicted octanol–water partition coefficient (Wildman–Crippen LogP) is 2.80. The molecule has 0 spiro atoms. The van der Waals surface area contributed by atoms with Gasteiger partial charge in [-0.05, 0) is 38.1 Å². The number of hydrogen-bond acceptors (Lipinski definition) is 8. The first kappa shape index (κ1) is 20.2. The van der Waals surface area contributed by atoms with Crippen LogP contribution in [-0.2, 0) is 6.54 Å². The highest BCUT2D eigenvalue weighted by atomic mass is 15.3. The zero-order chi connectivity index (χ0) is 22.1. The Morgan fingerprint density at radius 3 is 2.72 bits per heavy atom. The van der Waals surface area contributed by atoms with Crippen molar-refractivity contribution in [2.45, 2.75) is 32.5 Å². The number of piperazine rings is 1. The Kier molecular flexibility index (Phi) is 5.32. The third kappa shape index (κ3) is 4.06. The second-order valence-corrected chi connectivity index (χ2v) is 8.33. The second-order valence-electron chi connectivity index (χ2n) is 8.33. The van der Waals surface area contributed by atoms with Crippen LogP contribution >= 0.6 is 0 Å². The van der Waals surface area contributed by atoms with Crippen molar-refractivity contribution in [2.75, 3.05) is 29.0 Å². The molecule has 0 radical (unpaired) electrons. The molecule has 5 heterocycles. The Morgan fingerprint density at radius 1 is 1.09 bits per heavy atom. The van der Waals surface area contributed by atoms with Crippen LogP contribution in [0.1, 0.15) is 19.5 Å². The zero-order valence-electron chi connectivity index (χ0n) is 18.2. The number of nitrogen functional groups attached to an aromatic ring is 1. The van der Waals surface area contributed by atoms with Crippen molar-refractivity contribution in [3.05, 3.63) is 54.7 Å². The van der Waals surface area contributed by atoms with E-state index in [4.69, 9.17) is 10.7 Å². The number of pyridine rings is 2. The fraction of sp³-hybridized carbons (Fsp3) is 0.304. The molecule has 0 saturated carbocycles. The quantitative estimate of drug-likeness (QED) is 0.382. The van der Waals surface area contributed by atoms with Crippen LogP contribution in [0.5, 0.6) is 0 Å². The maximum Gasteiger partial charge on any atom is 0.143 e. The Hall–Kier alpha value is -3.72. The molecule has 32 heavy (non-hydrogen) atoms. The number of H-pyrrole nitrogens is 1. The van der Waals surface area contributed by atoms with Gasteiger partial charge in [-0.25, -0.2) is 19.9 Å². The molecule has 164 valence electrons. The standard InChI is InChI=1S/C23H27N9/c1-14-11-32(12-15(2)30-14)20-5-3-4-17(31-20)9-26-22-21-18(10-27-23(21)29-13-28-22)16-6-7-19(24)25-8-16/h3-8,10,13-15,30H,9,11-12H2,1-2H3,(H2,24,25)(H2,26,27,28,29)/t14-,15+. The van der Waals surface area contributed by atoms with E-state index < -0.39 is 0 Å². The van der Waals surface area contributed by atoms with E-state index in [2.05, 4.69) is 61.4 Å². The molecule has 4 aromatic heterocycles. The van der Waals surface area contributed by atoms with Gasteiger partial charge in [0.15, 0.2) is 0 Å². The number of nitrogens with zero attached hydrogens (tertiary/aromatic N) is 5. The highest BCUT2D eigenvalue weighted by molar-refractivity contribution is 6.00. The minimum atomic E-state index is 0.437. The number of hydrogen-bond donors (Lipinski definition) is 4. The smallest absolute Gasteiger partial charge is 0.143 e. The number of anilines is 3. The molecule has 0 unspecified atom stereocenters. The first-order chi connectivity index (χ1) is 15.6. The van der Waals surface area contributed by atoms with Gasteiger partial charge >= 0.3 is 0 Å². The fourth-order valence-electron chi connectivity index (χ4n) is 4.32. The number of aromatic amines is 1. The fourth-order valence-corrected chi connectivity index (χ4v) is 4.32. The SMILES string of the molecule is C[C@@H]1CN(c2cccc(CNc3ncnc4[nH]cc(-c5ccc(N)nc5)c34)n2)C[C@H](C)N1. The van der Waals surface area contributed by atoms with Crippen LogP contribution in [0.2, 0.25) is 0 Å². The molecule has 0 aliphatic carbocycles. The van der Waals surface area contributed by atoms with Crippen LogP contribution in [0.3, 0.4) is 0 Å². The van der Waals surface area contributed by atoms with Crippen LogP contribution in [0.4, 0.5) is 17.5 Å². The van der Waals surface area contributed by atoms with Gasteiger partial charge in [-0.15, -0.1) is 0 Å². The van der Waals surface area contributed by atoms with Gasteiger partial charge in [0, 0.05) is 48.7 Å². The molecule has 1 saturated heterocycles. The normalized spacial score (nSPS) is 18.8. The van der Waals surface area contributed by atoms with Crippen LogP contribution in [0.15, 0.2) is 49.1 Å². The molecule has 4 aromatic rings. The van der Waals surface area contributed by atoms with E-state index >= 15 is 0 Å². The van der Waals surface area contributed by atoms with Crippen molar-refractivity contribution in [2.24, 2.45) is 0 Å². The van der Waals surface area contributed by atoms with E-state index in [1.54, 1.807) is 18.6 Å². The Balaban J connectivity index is 1.39. The van der Waals surface area contributed by atoms with E-state index in [0.717, 1.165) is 52.6 Å². The van der Waals surface area contributed by atoms with Crippen molar-refractivity contribution >= 4 is 28.5 Å². The Morgan fingerprint density at radius 2 is 1.94 bits per heavy atom. The molecule has 5 N–H and O–H groups in total. The van der Waals surface area contributed by atoms with E-state index in [9.17, 15) is 0 Å². The summed E-state index contributed by atoms with van der Waals surface area (Å²) in [6.07, 6.45) is 5.23. The summed E-state index contributed by atoms with van der Waals surface area (Å²) in [5, 5.41) is 7.93. The summed E-state index contributed by atoms with van der Waals surface area (Å²) in [6.45, 7) is 6.87. The summed E-state index contributed by atoms with van der Waals surface area (Å²) in [6, 6.07) is 10.8. The molecule has 5 rings (SSSR count). The number of rotatable bonds is 5. The highest BCUT2D eigenvalue weighted by Gasteiger charge is 2.22. The van der Waals surface area contributed by atoms with Crippen LogP contribution in [-0.4, -0.2) is 50.1 Å². The zero-order valence-corrected chi connectivity index (χ0v) is 18.2. The average Bonchev–Trinajstić information content (AvgIpc) is 3.23. The van der Waals surface area contributed by atoms with Crippen molar-refractivity contribution < 1.29 is 0 Å². The summed E-state index contributed by atoms with van der Waals surface area (Å²) in [4.78, 5) is 23.5. The molecule has 9 nitrogen and oxygen atoms in total. The molecule has 9 heteroatoms. The van der Waals surface area contributed by atoms with Gasteiger partial charge in [0.2, 0.25) is 0 Å². The minimum absolute atomic E-state index is 0.437. The lowest BCUT2D eigenvalue weighted by molar-refractivity contribution is 0.405. The third-order valence-corrected chi connectivity index (χ3v) is 5.68. The maximum absolute atomic E-state index is 5.75. The molecular formula is C23H27N9. The van der Waals surface area contributed by atoms with Gasteiger partial charge in [-0.3, -0.25) is 0 Å². The van der Waals surface area contributed by atoms with Crippen molar-refractivity contribution in [1.29, 1.82) is 0 Å².